The quantitative estimate of drug-likeness (QED) is 0.779. The molecule has 0 spiro atoms. The topological polar surface area (TPSA) is 64.7 Å². The maximum absolute atomic E-state index is 9.67. The van der Waals surface area contributed by atoms with E-state index in [4.69, 9.17) is 15.2 Å². The van der Waals surface area contributed by atoms with Crippen LogP contribution in [0.15, 0.2) is 18.2 Å². The molecular weight excluding hydrogens is 230 g/mol. The van der Waals surface area contributed by atoms with E-state index in [0.717, 1.165) is 23.5 Å². The third kappa shape index (κ3) is 3.62. The van der Waals surface area contributed by atoms with E-state index in [0.29, 0.717) is 13.0 Å². The van der Waals surface area contributed by atoms with Crippen LogP contribution < -0.4 is 15.2 Å². The number of aliphatic hydroxyl groups is 1. The second-order valence-corrected chi connectivity index (χ2v) is 4.34. The van der Waals surface area contributed by atoms with Gasteiger partial charge in [0.1, 0.15) is 0 Å². The van der Waals surface area contributed by atoms with Crippen LogP contribution in [0.5, 0.6) is 11.5 Å². The highest BCUT2D eigenvalue weighted by Gasteiger charge is 2.16. The van der Waals surface area contributed by atoms with Gasteiger partial charge in [-0.3, -0.25) is 0 Å². The molecule has 1 aromatic rings. The lowest BCUT2D eigenvalue weighted by atomic mass is 9.90. The van der Waals surface area contributed by atoms with E-state index in [1.54, 1.807) is 14.2 Å². The van der Waals surface area contributed by atoms with Crippen LogP contribution in [-0.4, -0.2) is 32.0 Å². The highest BCUT2D eigenvalue weighted by Crippen LogP contribution is 2.33. The van der Waals surface area contributed by atoms with Crippen molar-refractivity contribution < 1.29 is 14.6 Å². The molecule has 2 unspecified atom stereocenters. The Balaban J connectivity index is 2.92. The summed E-state index contributed by atoms with van der Waals surface area (Å²) in [4.78, 5) is 0. The van der Waals surface area contributed by atoms with Crippen molar-refractivity contribution in [3.8, 4) is 11.5 Å². The summed E-state index contributed by atoms with van der Waals surface area (Å²) in [6, 6.07) is 5.88. The summed E-state index contributed by atoms with van der Waals surface area (Å²) in [6.07, 6.45) is 1.16. The molecule has 0 amide bonds. The molecule has 0 aromatic heterocycles. The zero-order valence-electron chi connectivity index (χ0n) is 11.3. The number of methoxy groups -OCH3 is 2. The monoisotopic (exact) mass is 253 g/mol. The molecule has 0 saturated heterocycles. The molecule has 2 atom stereocenters. The molecule has 102 valence electrons. The summed E-state index contributed by atoms with van der Waals surface area (Å²) >= 11 is 0. The van der Waals surface area contributed by atoms with Gasteiger partial charge in [-0.25, -0.2) is 0 Å². The fourth-order valence-corrected chi connectivity index (χ4v) is 2.07. The Hall–Kier alpha value is -1.26. The molecule has 3 N–H and O–H groups in total. The van der Waals surface area contributed by atoms with Gasteiger partial charge in [-0.05, 0) is 36.5 Å². The molecule has 0 aliphatic heterocycles. The first-order valence-corrected chi connectivity index (χ1v) is 6.26. The third-order valence-electron chi connectivity index (χ3n) is 3.20. The fourth-order valence-electron chi connectivity index (χ4n) is 2.07. The van der Waals surface area contributed by atoms with Gasteiger partial charge in [0, 0.05) is 6.54 Å². The van der Waals surface area contributed by atoms with Crippen LogP contribution in [0.3, 0.4) is 0 Å². The summed E-state index contributed by atoms with van der Waals surface area (Å²) in [5.74, 6) is 1.72. The summed E-state index contributed by atoms with van der Waals surface area (Å²) in [5, 5.41) is 9.67. The Morgan fingerprint density at radius 3 is 2.39 bits per heavy atom. The van der Waals surface area contributed by atoms with E-state index < -0.39 is 6.10 Å². The number of nitrogens with two attached hydrogens (primary N) is 1. The van der Waals surface area contributed by atoms with Crippen LogP contribution in [0.25, 0.3) is 0 Å². The zero-order chi connectivity index (χ0) is 13.5. The Labute approximate surface area is 109 Å². The predicted octanol–water partition coefficient (Wildman–Crippen LogP) is 1.91. The van der Waals surface area contributed by atoms with Gasteiger partial charge in [0.25, 0.3) is 0 Å². The minimum absolute atomic E-state index is 0.281. The van der Waals surface area contributed by atoms with Crippen molar-refractivity contribution in [3.05, 3.63) is 23.8 Å². The molecular formula is C14H23NO3. The van der Waals surface area contributed by atoms with Crippen molar-refractivity contribution >= 4 is 0 Å². The Morgan fingerprint density at radius 2 is 1.89 bits per heavy atom. The Morgan fingerprint density at radius 1 is 1.22 bits per heavy atom. The lowest BCUT2D eigenvalue weighted by Gasteiger charge is -2.19. The van der Waals surface area contributed by atoms with Crippen molar-refractivity contribution in [2.75, 3.05) is 20.8 Å². The maximum atomic E-state index is 9.67. The largest absolute Gasteiger partial charge is 0.493 e. The van der Waals surface area contributed by atoms with E-state index in [-0.39, 0.29) is 5.92 Å². The van der Waals surface area contributed by atoms with Gasteiger partial charge < -0.3 is 20.3 Å². The van der Waals surface area contributed by atoms with Crippen molar-refractivity contribution in [1.82, 2.24) is 0 Å². The second-order valence-electron chi connectivity index (χ2n) is 4.34. The van der Waals surface area contributed by atoms with E-state index in [1.165, 1.54) is 0 Å². The molecule has 0 aliphatic carbocycles. The molecule has 4 heteroatoms. The molecule has 18 heavy (non-hydrogen) atoms. The average Bonchev–Trinajstić information content (AvgIpc) is 2.43. The van der Waals surface area contributed by atoms with Gasteiger partial charge in [0.2, 0.25) is 0 Å². The highest BCUT2D eigenvalue weighted by atomic mass is 16.5. The normalized spacial score (nSPS) is 14.1. The number of benzene rings is 1. The number of hydrogen-bond donors (Lipinski definition) is 2. The molecule has 0 aliphatic rings. The summed E-state index contributed by atoms with van der Waals surface area (Å²) in [6.45, 7) is 2.40. The molecule has 0 radical (unpaired) electrons. The molecule has 1 aromatic carbocycles. The van der Waals surface area contributed by atoms with Crippen molar-refractivity contribution in [3.63, 3.8) is 0 Å². The maximum Gasteiger partial charge on any atom is 0.160 e. The average molecular weight is 253 g/mol. The molecule has 0 fully saturated rings. The molecule has 0 saturated carbocycles. The summed E-state index contributed by atoms with van der Waals surface area (Å²) in [7, 11) is 3.24. The Kier molecular flexibility index (Phi) is 5.95. The van der Waals surface area contributed by atoms with E-state index in [2.05, 4.69) is 6.92 Å². The van der Waals surface area contributed by atoms with E-state index >= 15 is 0 Å². The van der Waals surface area contributed by atoms with Gasteiger partial charge in [0.15, 0.2) is 11.5 Å². The first kappa shape index (κ1) is 14.8. The molecule has 0 bridgehead atoms. The third-order valence-corrected chi connectivity index (χ3v) is 3.20. The lowest BCUT2D eigenvalue weighted by molar-refractivity contribution is 0.162. The SMILES string of the molecule is CCC(CC(O)CN)c1ccc(OC)c(OC)c1. The predicted molar refractivity (Wildman–Crippen MR) is 72.3 cm³/mol. The standard InChI is InChI=1S/C14H23NO3/c1-4-10(7-12(16)9-15)11-5-6-13(17-2)14(8-11)18-3/h5-6,8,10,12,16H,4,7,9,15H2,1-3H3. The summed E-state index contributed by atoms with van der Waals surface area (Å²) in [5.41, 5.74) is 6.60. The van der Waals surface area contributed by atoms with E-state index in [1.807, 2.05) is 18.2 Å². The van der Waals surface area contributed by atoms with Gasteiger partial charge in [0.05, 0.1) is 20.3 Å². The number of hydrogen-bond acceptors (Lipinski definition) is 4. The fraction of sp³-hybridized carbons (Fsp3) is 0.571. The first-order valence-electron chi connectivity index (χ1n) is 6.26. The van der Waals surface area contributed by atoms with E-state index in [9.17, 15) is 5.11 Å². The van der Waals surface area contributed by atoms with Gasteiger partial charge in [-0.15, -0.1) is 0 Å². The van der Waals surface area contributed by atoms with Crippen molar-refractivity contribution in [2.24, 2.45) is 5.73 Å². The molecule has 0 heterocycles. The van der Waals surface area contributed by atoms with Crippen LogP contribution in [-0.2, 0) is 0 Å². The molecule has 1 rings (SSSR count). The smallest absolute Gasteiger partial charge is 0.160 e. The van der Waals surface area contributed by atoms with Crippen LogP contribution in [0.4, 0.5) is 0 Å². The van der Waals surface area contributed by atoms with Crippen LogP contribution >= 0.6 is 0 Å². The second kappa shape index (κ2) is 7.24. The van der Waals surface area contributed by atoms with Crippen LogP contribution in [0.1, 0.15) is 31.2 Å². The Bertz CT molecular complexity index is 368. The number of rotatable bonds is 7. The highest BCUT2D eigenvalue weighted by molar-refractivity contribution is 5.43. The minimum atomic E-state index is -0.456. The lowest BCUT2D eigenvalue weighted by Crippen LogP contribution is -2.22. The van der Waals surface area contributed by atoms with Crippen LogP contribution in [0.2, 0.25) is 0 Å². The summed E-state index contributed by atoms with van der Waals surface area (Å²) < 4.78 is 10.5. The van der Waals surface area contributed by atoms with Gasteiger partial charge in [-0.2, -0.15) is 0 Å². The first-order chi connectivity index (χ1) is 8.65. The van der Waals surface area contributed by atoms with Crippen molar-refractivity contribution in [2.45, 2.75) is 31.8 Å². The molecule has 4 nitrogen and oxygen atoms in total. The van der Waals surface area contributed by atoms with Gasteiger partial charge in [-0.1, -0.05) is 13.0 Å². The zero-order valence-corrected chi connectivity index (χ0v) is 11.3. The van der Waals surface area contributed by atoms with Crippen molar-refractivity contribution in [1.29, 1.82) is 0 Å². The van der Waals surface area contributed by atoms with Gasteiger partial charge >= 0.3 is 0 Å². The number of aliphatic hydroxyl groups excluding tert-OH is 1. The minimum Gasteiger partial charge on any atom is -0.493 e. The number of ether oxygens (including phenoxy) is 2. The van der Waals surface area contributed by atoms with Crippen LogP contribution in [0, 0.1) is 0 Å².